The Bertz CT molecular complexity index is 464. The van der Waals surface area contributed by atoms with Gasteiger partial charge in [-0.25, -0.2) is 0 Å². The van der Waals surface area contributed by atoms with Gasteiger partial charge in [-0.3, -0.25) is 9.59 Å². The van der Waals surface area contributed by atoms with Crippen LogP contribution in [0.1, 0.15) is 23.5 Å². The van der Waals surface area contributed by atoms with Gasteiger partial charge in [0.15, 0.2) is 5.78 Å². The zero-order valence-electron chi connectivity index (χ0n) is 9.86. The molecule has 17 heavy (non-hydrogen) atoms. The molecule has 2 rings (SSSR count). The van der Waals surface area contributed by atoms with Gasteiger partial charge in [-0.15, -0.1) is 0 Å². The number of carbonyl (C=O) groups excluding carboxylic acids is 2. The Kier molecular flexibility index (Phi) is 3.13. The highest BCUT2D eigenvalue weighted by molar-refractivity contribution is 6.05. The summed E-state index contributed by atoms with van der Waals surface area (Å²) in [6, 6.07) is 5.40. The first kappa shape index (κ1) is 11.6. The Labute approximate surface area is 99.5 Å². The van der Waals surface area contributed by atoms with Crippen molar-refractivity contribution < 1.29 is 19.1 Å². The summed E-state index contributed by atoms with van der Waals surface area (Å²) in [5.74, 6) is -0.591. The molecule has 1 atom stereocenters. The average Bonchev–Trinajstić information content (AvgIpc) is 2.37. The molecule has 0 saturated carbocycles. The zero-order valence-corrected chi connectivity index (χ0v) is 9.86. The van der Waals surface area contributed by atoms with Crippen molar-refractivity contribution in [2.75, 3.05) is 14.2 Å². The molecule has 90 valence electrons. The van der Waals surface area contributed by atoms with E-state index in [-0.39, 0.29) is 5.78 Å². The van der Waals surface area contributed by atoms with Crippen LogP contribution in [0.15, 0.2) is 18.2 Å². The van der Waals surface area contributed by atoms with Gasteiger partial charge in [0.2, 0.25) is 0 Å². The number of benzene rings is 1. The van der Waals surface area contributed by atoms with Gasteiger partial charge in [0, 0.05) is 6.42 Å². The van der Waals surface area contributed by atoms with Crippen molar-refractivity contribution in [2.45, 2.75) is 18.8 Å². The second-order valence-corrected chi connectivity index (χ2v) is 3.99. The number of methoxy groups -OCH3 is 2. The number of Topliss-reactive ketones (excluding diaryl/α,β-unsaturated/α-hetero) is 1. The quantitative estimate of drug-likeness (QED) is 0.574. The third-order valence-corrected chi connectivity index (χ3v) is 3.06. The lowest BCUT2D eigenvalue weighted by Gasteiger charge is -2.22. The summed E-state index contributed by atoms with van der Waals surface area (Å²) in [6.07, 6.45) is 1.03. The van der Waals surface area contributed by atoms with Gasteiger partial charge in [-0.05, 0) is 29.7 Å². The Morgan fingerprint density at radius 2 is 2.06 bits per heavy atom. The SMILES string of the molecule is COC(=O)C1C(=O)CCc2cc(OC)ccc21. The number of ketones is 1. The predicted octanol–water partition coefficient (Wildman–Crippen LogP) is 1.47. The van der Waals surface area contributed by atoms with E-state index in [9.17, 15) is 9.59 Å². The Morgan fingerprint density at radius 1 is 1.29 bits per heavy atom. The molecular formula is C13H14O4. The van der Waals surface area contributed by atoms with Crippen LogP contribution in [0.3, 0.4) is 0 Å². The number of ether oxygens (including phenoxy) is 2. The number of hydrogen-bond acceptors (Lipinski definition) is 4. The number of carbonyl (C=O) groups is 2. The van der Waals surface area contributed by atoms with Gasteiger partial charge in [0.25, 0.3) is 0 Å². The van der Waals surface area contributed by atoms with Crippen LogP contribution in [-0.2, 0) is 20.7 Å². The van der Waals surface area contributed by atoms with Crippen LogP contribution in [0, 0.1) is 0 Å². The van der Waals surface area contributed by atoms with Crippen LogP contribution in [0.2, 0.25) is 0 Å². The van der Waals surface area contributed by atoms with Crippen molar-refractivity contribution >= 4 is 11.8 Å². The molecule has 0 N–H and O–H groups in total. The lowest BCUT2D eigenvalue weighted by Crippen LogP contribution is -2.28. The van der Waals surface area contributed by atoms with E-state index >= 15 is 0 Å². The van der Waals surface area contributed by atoms with Gasteiger partial charge in [0.1, 0.15) is 11.7 Å². The Morgan fingerprint density at radius 3 is 2.71 bits per heavy atom. The second-order valence-electron chi connectivity index (χ2n) is 3.99. The maximum atomic E-state index is 11.8. The summed E-state index contributed by atoms with van der Waals surface area (Å²) in [7, 11) is 2.89. The topological polar surface area (TPSA) is 52.6 Å². The van der Waals surface area contributed by atoms with Crippen molar-refractivity contribution in [3.63, 3.8) is 0 Å². The van der Waals surface area contributed by atoms with Crippen molar-refractivity contribution in [2.24, 2.45) is 0 Å². The summed E-state index contributed by atoms with van der Waals surface area (Å²) in [5, 5.41) is 0. The highest BCUT2D eigenvalue weighted by Crippen LogP contribution is 2.32. The molecule has 1 aliphatic carbocycles. The van der Waals surface area contributed by atoms with Crippen LogP contribution < -0.4 is 4.74 Å². The van der Waals surface area contributed by atoms with Gasteiger partial charge in [-0.2, -0.15) is 0 Å². The summed E-state index contributed by atoms with van der Waals surface area (Å²) in [6.45, 7) is 0. The van der Waals surface area contributed by atoms with Crippen LogP contribution in [-0.4, -0.2) is 26.0 Å². The average molecular weight is 234 g/mol. The van der Waals surface area contributed by atoms with Gasteiger partial charge in [-0.1, -0.05) is 6.07 Å². The molecule has 0 spiro atoms. The first-order valence-electron chi connectivity index (χ1n) is 5.44. The molecule has 1 aromatic carbocycles. The Hall–Kier alpha value is -1.84. The highest BCUT2D eigenvalue weighted by Gasteiger charge is 2.34. The van der Waals surface area contributed by atoms with Crippen LogP contribution in [0.25, 0.3) is 0 Å². The van der Waals surface area contributed by atoms with E-state index in [1.807, 2.05) is 6.07 Å². The Balaban J connectivity index is 2.45. The van der Waals surface area contributed by atoms with Crippen LogP contribution >= 0.6 is 0 Å². The molecule has 0 heterocycles. The molecule has 0 amide bonds. The van der Waals surface area contributed by atoms with Crippen LogP contribution in [0.5, 0.6) is 5.75 Å². The van der Waals surface area contributed by atoms with Gasteiger partial charge in [0.05, 0.1) is 14.2 Å². The lowest BCUT2D eigenvalue weighted by molar-refractivity contribution is -0.146. The number of aryl methyl sites for hydroxylation is 1. The van der Waals surface area contributed by atoms with E-state index < -0.39 is 11.9 Å². The molecule has 1 aromatic rings. The summed E-state index contributed by atoms with van der Waals surface area (Å²) in [4.78, 5) is 23.4. The fourth-order valence-electron chi connectivity index (χ4n) is 2.16. The summed E-state index contributed by atoms with van der Waals surface area (Å²) < 4.78 is 9.81. The van der Waals surface area contributed by atoms with E-state index in [1.54, 1.807) is 19.2 Å². The molecule has 4 nitrogen and oxygen atoms in total. The normalized spacial score (nSPS) is 18.5. The number of hydrogen-bond donors (Lipinski definition) is 0. The monoisotopic (exact) mass is 234 g/mol. The summed E-state index contributed by atoms with van der Waals surface area (Å²) >= 11 is 0. The predicted molar refractivity (Wildman–Crippen MR) is 61.1 cm³/mol. The van der Waals surface area contributed by atoms with E-state index in [0.717, 1.165) is 16.9 Å². The highest BCUT2D eigenvalue weighted by atomic mass is 16.5. The maximum absolute atomic E-state index is 11.8. The molecule has 0 bridgehead atoms. The first-order chi connectivity index (χ1) is 8.17. The molecule has 0 radical (unpaired) electrons. The lowest BCUT2D eigenvalue weighted by atomic mass is 9.82. The molecule has 1 aliphatic rings. The smallest absolute Gasteiger partial charge is 0.320 e. The second kappa shape index (κ2) is 4.57. The number of rotatable bonds is 2. The minimum absolute atomic E-state index is 0.0745. The van der Waals surface area contributed by atoms with Crippen LogP contribution in [0.4, 0.5) is 0 Å². The minimum Gasteiger partial charge on any atom is -0.497 e. The minimum atomic E-state index is -0.769. The standard InChI is InChI=1S/C13H14O4/c1-16-9-4-5-10-8(7-9)3-6-11(14)12(10)13(15)17-2/h4-5,7,12H,3,6H2,1-2H3. The van der Waals surface area contributed by atoms with Crippen molar-refractivity contribution in [1.82, 2.24) is 0 Å². The van der Waals surface area contributed by atoms with Gasteiger partial charge >= 0.3 is 5.97 Å². The molecular weight excluding hydrogens is 220 g/mol. The first-order valence-corrected chi connectivity index (χ1v) is 5.44. The van der Waals surface area contributed by atoms with Gasteiger partial charge < -0.3 is 9.47 Å². The maximum Gasteiger partial charge on any atom is 0.320 e. The number of fused-ring (bicyclic) bond motifs is 1. The van der Waals surface area contributed by atoms with Crippen molar-refractivity contribution in [3.05, 3.63) is 29.3 Å². The van der Waals surface area contributed by atoms with E-state index in [1.165, 1.54) is 7.11 Å². The zero-order chi connectivity index (χ0) is 12.4. The molecule has 0 fully saturated rings. The fraction of sp³-hybridized carbons (Fsp3) is 0.385. The summed E-state index contributed by atoms with van der Waals surface area (Å²) in [5.41, 5.74) is 1.73. The molecule has 0 saturated heterocycles. The fourth-order valence-corrected chi connectivity index (χ4v) is 2.16. The largest absolute Gasteiger partial charge is 0.497 e. The third-order valence-electron chi connectivity index (χ3n) is 3.06. The molecule has 0 aliphatic heterocycles. The van der Waals surface area contributed by atoms with Crippen molar-refractivity contribution in [3.8, 4) is 5.75 Å². The number of esters is 1. The van der Waals surface area contributed by atoms with E-state index in [2.05, 4.69) is 4.74 Å². The third kappa shape index (κ3) is 2.02. The van der Waals surface area contributed by atoms with E-state index in [4.69, 9.17) is 4.74 Å². The molecule has 4 heteroatoms. The molecule has 0 aromatic heterocycles. The van der Waals surface area contributed by atoms with Crippen molar-refractivity contribution in [1.29, 1.82) is 0 Å². The molecule has 1 unspecified atom stereocenters. The van der Waals surface area contributed by atoms with E-state index in [0.29, 0.717) is 12.8 Å².